The highest BCUT2D eigenvalue weighted by Gasteiger charge is 2.39. The molecule has 0 aliphatic heterocycles. The molecule has 0 aliphatic carbocycles. The molecule has 0 aromatic heterocycles. The topological polar surface area (TPSA) is 46.5 Å². The highest BCUT2D eigenvalue weighted by atomic mass is 28.4. The van der Waals surface area contributed by atoms with Crippen LogP contribution in [0, 0.1) is 0 Å². The van der Waals surface area contributed by atoms with Gasteiger partial charge in [-0.2, -0.15) is 0 Å². The number of benzene rings is 1. The highest BCUT2D eigenvalue weighted by molar-refractivity contribution is 6.74. The van der Waals surface area contributed by atoms with Crippen molar-refractivity contribution in [2.24, 2.45) is 0 Å². The van der Waals surface area contributed by atoms with E-state index in [9.17, 15) is 9.90 Å². The number of hydrogen-bond donors (Lipinski definition) is 1. The van der Waals surface area contributed by atoms with E-state index in [1.54, 1.807) is 18.2 Å². The third-order valence-electron chi connectivity index (χ3n) is 3.57. The first-order chi connectivity index (χ1) is 8.21. The molecule has 1 aromatic rings. The van der Waals surface area contributed by atoms with Crippen molar-refractivity contribution in [2.45, 2.75) is 45.5 Å². The second-order valence-electron chi connectivity index (χ2n) is 6.01. The van der Waals surface area contributed by atoms with Gasteiger partial charge < -0.3 is 9.53 Å². The Labute approximate surface area is 110 Å². The van der Waals surface area contributed by atoms with E-state index >= 15 is 0 Å². The lowest BCUT2D eigenvalue weighted by atomic mass is 10.1. The van der Waals surface area contributed by atoms with Crippen LogP contribution in [0.15, 0.2) is 18.2 Å². The molecule has 0 radical (unpaired) electrons. The van der Waals surface area contributed by atoms with Crippen molar-refractivity contribution in [3.8, 4) is 5.75 Å². The van der Waals surface area contributed by atoms with Gasteiger partial charge in [0.2, 0.25) is 8.32 Å². The lowest BCUT2D eigenvalue weighted by Crippen LogP contribution is -2.44. The minimum atomic E-state index is -1.96. The van der Waals surface area contributed by atoms with Gasteiger partial charge in [0.25, 0.3) is 0 Å². The summed E-state index contributed by atoms with van der Waals surface area (Å²) in [7, 11) is -1.96. The van der Waals surface area contributed by atoms with Crippen molar-refractivity contribution >= 4 is 14.6 Å². The number of aldehydes is 1. The van der Waals surface area contributed by atoms with Crippen LogP contribution in [0.4, 0.5) is 0 Å². The summed E-state index contributed by atoms with van der Waals surface area (Å²) < 4.78 is 6.15. The normalized spacial score (nSPS) is 12.3. The molecule has 1 N–H and O–H groups in total. The monoisotopic (exact) mass is 266 g/mol. The van der Waals surface area contributed by atoms with Gasteiger partial charge in [-0.15, -0.1) is 0 Å². The van der Waals surface area contributed by atoms with Gasteiger partial charge in [-0.3, -0.25) is 4.79 Å². The Morgan fingerprint density at radius 3 is 2.39 bits per heavy atom. The Morgan fingerprint density at radius 1 is 1.33 bits per heavy atom. The van der Waals surface area contributed by atoms with E-state index in [-0.39, 0.29) is 11.6 Å². The molecule has 0 atom stereocenters. The van der Waals surface area contributed by atoms with Crippen molar-refractivity contribution in [1.82, 2.24) is 0 Å². The number of aliphatic hydroxyl groups excluding tert-OH is 1. The molecule has 3 nitrogen and oxygen atoms in total. The zero-order valence-corrected chi connectivity index (χ0v) is 12.8. The first-order valence-corrected chi connectivity index (χ1v) is 9.00. The van der Waals surface area contributed by atoms with E-state index in [1.165, 1.54) is 0 Å². The van der Waals surface area contributed by atoms with Gasteiger partial charge in [-0.05, 0) is 24.2 Å². The van der Waals surface area contributed by atoms with Crippen LogP contribution < -0.4 is 4.43 Å². The molecule has 0 bridgehead atoms. The standard InChI is InChI=1S/C14H22O3Si/c1-14(2,3)18(4,5)17-13-8-11(9-15)6-7-12(13)10-16/h6-9,16H,10H2,1-5H3. The Bertz CT molecular complexity index is 433. The van der Waals surface area contributed by atoms with Gasteiger partial charge in [0.1, 0.15) is 12.0 Å². The number of carbonyl (C=O) groups is 1. The highest BCUT2D eigenvalue weighted by Crippen LogP contribution is 2.38. The lowest BCUT2D eigenvalue weighted by Gasteiger charge is -2.37. The summed E-state index contributed by atoms with van der Waals surface area (Å²) in [6, 6.07) is 5.14. The molecule has 1 rings (SSSR count). The predicted octanol–water partition coefficient (Wildman–Crippen LogP) is 3.38. The van der Waals surface area contributed by atoms with Crippen molar-refractivity contribution < 1.29 is 14.3 Å². The van der Waals surface area contributed by atoms with Gasteiger partial charge in [-0.25, -0.2) is 0 Å². The van der Waals surface area contributed by atoms with Crippen LogP contribution in [-0.4, -0.2) is 19.7 Å². The van der Waals surface area contributed by atoms with Crippen LogP contribution in [0.5, 0.6) is 5.75 Å². The summed E-state index contributed by atoms with van der Waals surface area (Å²) in [5.41, 5.74) is 1.30. The van der Waals surface area contributed by atoms with E-state index in [4.69, 9.17) is 4.43 Å². The zero-order chi connectivity index (χ0) is 14.0. The molecule has 0 heterocycles. The second kappa shape index (κ2) is 5.24. The molecule has 0 saturated heterocycles. The Balaban J connectivity index is 3.13. The Morgan fingerprint density at radius 2 is 1.94 bits per heavy atom. The molecule has 0 saturated carbocycles. The average molecular weight is 266 g/mol. The van der Waals surface area contributed by atoms with Gasteiger partial charge >= 0.3 is 0 Å². The zero-order valence-electron chi connectivity index (χ0n) is 11.8. The van der Waals surface area contributed by atoms with Crippen molar-refractivity contribution in [3.63, 3.8) is 0 Å². The second-order valence-corrected chi connectivity index (χ2v) is 10.7. The third-order valence-corrected chi connectivity index (χ3v) is 7.91. The summed E-state index contributed by atoms with van der Waals surface area (Å²) in [4.78, 5) is 10.8. The first kappa shape index (κ1) is 14.9. The van der Waals surface area contributed by atoms with E-state index in [2.05, 4.69) is 33.9 Å². The molecule has 0 spiro atoms. The third kappa shape index (κ3) is 3.20. The quantitative estimate of drug-likeness (QED) is 0.671. The van der Waals surface area contributed by atoms with Gasteiger partial charge in [0.05, 0.1) is 6.61 Å². The molecular weight excluding hydrogens is 244 g/mol. The van der Waals surface area contributed by atoms with Crippen LogP contribution in [0.25, 0.3) is 0 Å². The maximum absolute atomic E-state index is 10.8. The van der Waals surface area contributed by atoms with E-state index < -0.39 is 8.32 Å². The Hall–Kier alpha value is -1.13. The minimum Gasteiger partial charge on any atom is -0.543 e. The first-order valence-electron chi connectivity index (χ1n) is 6.09. The van der Waals surface area contributed by atoms with Crippen LogP contribution >= 0.6 is 0 Å². The van der Waals surface area contributed by atoms with Gasteiger partial charge in [-0.1, -0.05) is 32.9 Å². The molecule has 0 aliphatic rings. The van der Waals surface area contributed by atoms with Crippen molar-refractivity contribution in [2.75, 3.05) is 0 Å². The van der Waals surface area contributed by atoms with E-state index in [0.717, 1.165) is 11.8 Å². The summed E-state index contributed by atoms with van der Waals surface area (Å²) in [6.45, 7) is 10.7. The number of carbonyl (C=O) groups excluding carboxylic acids is 1. The molecule has 4 heteroatoms. The molecule has 1 aromatic carbocycles. The van der Waals surface area contributed by atoms with Crippen molar-refractivity contribution in [3.05, 3.63) is 29.3 Å². The predicted molar refractivity (Wildman–Crippen MR) is 75.6 cm³/mol. The average Bonchev–Trinajstić information content (AvgIpc) is 2.26. The molecule has 0 amide bonds. The molecule has 0 unspecified atom stereocenters. The Kier molecular flexibility index (Phi) is 4.35. The largest absolute Gasteiger partial charge is 0.543 e. The number of aliphatic hydroxyl groups is 1. The summed E-state index contributed by atoms with van der Waals surface area (Å²) in [6.07, 6.45) is 0.791. The van der Waals surface area contributed by atoms with E-state index in [1.807, 2.05) is 0 Å². The number of hydrogen-bond acceptors (Lipinski definition) is 3. The smallest absolute Gasteiger partial charge is 0.250 e. The molecule has 18 heavy (non-hydrogen) atoms. The maximum Gasteiger partial charge on any atom is 0.250 e. The fraction of sp³-hybridized carbons (Fsp3) is 0.500. The number of rotatable bonds is 4. The van der Waals surface area contributed by atoms with Crippen molar-refractivity contribution in [1.29, 1.82) is 0 Å². The van der Waals surface area contributed by atoms with Gasteiger partial charge in [0.15, 0.2) is 0 Å². The summed E-state index contributed by atoms with van der Waals surface area (Å²) in [5, 5.41) is 9.41. The summed E-state index contributed by atoms with van der Waals surface area (Å²) >= 11 is 0. The maximum atomic E-state index is 10.8. The molecule has 0 fully saturated rings. The lowest BCUT2D eigenvalue weighted by molar-refractivity contribution is 0.112. The van der Waals surface area contributed by atoms with Crippen LogP contribution in [0.3, 0.4) is 0 Å². The van der Waals surface area contributed by atoms with Crippen LogP contribution in [-0.2, 0) is 6.61 Å². The fourth-order valence-electron chi connectivity index (χ4n) is 1.30. The van der Waals surface area contributed by atoms with Gasteiger partial charge in [0, 0.05) is 11.1 Å². The SMILES string of the molecule is CC(C)(C)[Si](C)(C)Oc1cc(C=O)ccc1CO. The fourth-order valence-corrected chi connectivity index (χ4v) is 2.34. The van der Waals surface area contributed by atoms with Crippen LogP contribution in [0.2, 0.25) is 18.1 Å². The molecular formula is C14H22O3Si. The minimum absolute atomic E-state index is 0.0803. The molecule has 100 valence electrons. The van der Waals surface area contributed by atoms with E-state index in [0.29, 0.717) is 11.3 Å². The summed E-state index contributed by atoms with van der Waals surface area (Å²) in [5.74, 6) is 0.633. The van der Waals surface area contributed by atoms with Crippen LogP contribution in [0.1, 0.15) is 36.7 Å².